The van der Waals surface area contributed by atoms with Gasteiger partial charge < -0.3 is 10.1 Å². The van der Waals surface area contributed by atoms with E-state index in [-0.39, 0.29) is 0 Å². The zero-order chi connectivity index (χ0) is 13.7. The zero-order valence-electron chi connectivity index (χ0n) is 12.1. The van der Waals surface area contributed by atoms with Crippen LogP contribution in [0.5, 0.6) is 0 Å². The first-order valence-corrected chi connectivity index (χ1v) is 7.10. The Labute approximate surface area is 115 Å². The summed E-state index contributed by atoms with van der Waals surface area (Å²) in [6.07, 6.45) is 5.36. The Morgan fingerprint density at radius 3 is 2.58 bits per heavy atom. The number of anilines is 1. The molecule has 0 aliphatic carbocycles. The van der Waals surface area contributed by atoms with Crippen LogP contribution in [0.3, 0.4) is 0 Å². The van der Waals surface area contributed by atoms with Crippen molar-refractivity contribution in [3.05, 3.63) is 18.1 Å². The molecular weight excluding hydrogens is 240 g/mol. The highest BCUT2D eigenvalue weighted by molar-refractivity contribution is 5.30. The molecule has 1 saturated heterocycles. The van der Waals surface area contributed by atoms with Crippen LogP contribution in [-0.4, -0.2) is 46.7 Å². The Kier molecular flexibility index (Phi) is 5.10. The molecule has 0 bridgehead atoms. The van der Waals surface area contributed by atoms with Crippen molar-refractivity contribution in [3.63, 3.8) is 0 Å². The Hall–Kier alpha value is -1.20. The largest absolute Gasteiger partial charge is 0.373 e. The summed E-state index contributed by atoms with van der Waals surface area (Å²) >= 11 is 0. The Bertz CT molecular complexity index is 372. The number of hydrogen-bond acceptors (Lipinski definition) is 5. The summed E-state index contributed by atoms with van der Waals surface area (Å²) < 4.78 is 5.73. The normalized spacial score (nSPS) is 24.4. The SMILES string of the molecule is CCCNc1cnc(CN2CC(C)OC(C)C2)cn1. The van der Waals surface area contributed by atoms with Crippen LogP contribution >= 0.6 is 0 Å². The van der Waals surface area contributed by atoms with Gasteiger partial charge in [-0.15, -0.1) is 0 Å². The van der Waals surface area contributed by atoms with Crippen LogP contribution < -0.4 is 5.32 Å². The molecule has 1 aromatic heterocycles. The van der Waals surface area contributed by atoms with Crippen molar-refractivity contribution in [1.29, 1.82) is 0 Å². The van der Waals surface area contributed by atoms with Gasteiger partial charge in [-0.2, -0.15) is 0 Å². The number of hydrogen-bond donors (Lipinski definition) is 1. The third-order valence-electron chi connectivity index (χ3n) is 3.14. The minimum atomic E-state index is 0.294. The lowest BCUT2D eigenvalue weighted by atomic mass is 10.2. The maximum Gasteiger partial charge on any atom is 0.144 e. The number of rotatable bonds is 5. The summed E-state index contributed by atoms with van der Waals surface area (Å²) in [5, 5.41) is 3.23. The highest BCUT2D eigenvalue weighted by Crippen LogP contribution is 2.13. The van der Waals surface area contributed by atoms with Gasteiger partial charge in [0.25, 0.3) is 0 Å². The van der Waals surface area contributed by atoms with E-state index >= 15 is 0 Å². The van der Waals surface area contributed by atoms with E-state index in [2.05, 4.69) is 41.0 Å². The van der Waals surface area contributed by atoms with Crippen molar-refractivity contribution < 1.29 is 4.74 Å². The van der Waals surface area contributed by atoms with Crippen molar-refractivity contribution in [1.82, 2.24) is 14.9 Å². The summed E-state index contributed by atoms with van der Waals surface area (Å²) in [4.78, 5) is 11.2. The second-order valence-corrected chi connectivity index (χ2v) is 5.27. The van der Waals surface area contributed by atoms with Gasteiger partial charge in [0.15, 0.2) is 0 Å². The van der Waals surface area contributed by atoms with E-state index < -0.39 is 0 Å². The van der Waals surface area contributed by atoms with Crippen LogP contribution in [0.4, 0.5) is 5.82 Å². The molecule has 1 aliphatic heterocycles. The maximum absolute atomic E-state index is 5.73. The van der Waals surface area contributed by atoms with Crippen LogP contribution in [-0.2, 0) is 11.3 Å². The van der Waals surface area contributed by atoms with E-state index in [0.717, 1.165) is 44.1 Å². The quantitative estimate of drug-likeness (QED) is 0.880. The van der Waals surface area contributed by atoms with Crippen LogP contribution in [0, 0.1) is 0 Å². The van der Waals surface area contributed by atoms with E-state index in [0.29, 0.717) is 12.2 Å². The molecule has 1 fully saturated rings. The summed E-state index contributed by atoms with van der Waals surface area (Å²) in [6, 6.07) is 0. The van der Waals surface area contributed by atoms with E-state index in [1.165, 1.54) is 0 Å². The Balaban J connectivity index is 1.88. The number of nitrogens with one attached hydrogen (secondary N) is 1. The molecule has 0 amide bonds. The second kappa shape index (κ2) is 6.82. The van der Waals surface area contributed by atoms with Crippen LogP contribution in [0.25, 0.3) is 0 Å². The molecule has 2 unspecified atom stereocenters. The minimum absolute atomic E-state index is 0.294. The standard InChI is InChI=1S/C14H24N4O/c1-4-5-15-14-7-16-13(6-17-14)10-18-8-11(2)19-12(3)9-18/h6-7,11-12H,4-5,8-10H2,1-3H3,(H,15,17). The second-order valence-electron chi connectivity index (χ2n) is 5.27. The molecule has 2 heterocycles. The zero-order valence-corrected chi connectivity index (χ0v) is 12.1. The molecule has 19 heavy (non-hydrogen) atoms. The van der Waals surface area contributed by atoms with Crippen molar-refractivity contribution in [2.45, 2.75) is 45.9 Å². The fraction of sp³-hybridized carbons (Fsp3) is 0.714. The topological polar surface area (TPSA) is 50.3 Å². The van der Waals surface area contributed by atoms with Crippen molar-refractivity contribution >= 4 is 5.82 Å². The fourth-order valence-corrected chi connectivity index (χ4v) is 2.42. The number of nitrogens with zero attached hydrogens (tertiary/aromatic N) is 3. The molecule has 0 aromatic carbocycles. The van der Waals surface area contributed by atoms with Crippen molar-refractivity contribution in [2.24, 2.45) is 0 Å². The molecular formula is C14H24N4O. The number of ether oxygens (including phenoxy) is 1. The average molecular weight is 264 g/mol. The molecule has 0 spiro atoms. The number of aromatic nitrogens is 2. The van der Waals surface area contributed by atoms with Gasteiger partial charge in [0.1, 0.15) is 5.82 Å². The number of morpholine rings is 1. The maximum atomic E-state index is 5.73. The lowest BCUT2D eigenvalue weighted by Gasteiger charge is -2.34. The molecule has 0 saturated carbocycles. The van der Waals surface area contributed by atoms with Gasteiger partial charge in [0, 0.05) is 26.2 Å². The first-order chi connectivity index (χ1) is 9.17. The van der Waals surface area contributed by atoms with Gasteiger partial charge in [-0.1, -0.05) is 6.92 Å². The van der Waals surface area contributed by atoms with Crippen molar-refractivity contribution in [2.75, 3.05) is 25.0 Å². The van der Waals surface area contributed by atoms with Crippen LogP contribution in [0.15, 0.2) is 12.4 Å². The van der Waals surface area contributed by atoms with Gasteiger partial charge in [-0.25, -0.2) is 4.98 Å². The highest BCUT2D eigenvalue weighted by Gasteiger charge is 2.22. The summed E-state index contributed by atoms with van der Waals surface area (Å²) in [5.74, 6) is 0.856. The molecule has 2 atom stereocenters. The van der Waals surface area contributed by atoms with Crippen LogP contribution in [0.2, 0.25) is 0 Å². The van der Waals surface area contributed by atoms with Gasteiger partial charge in [-0.05, 0) is 20.3 Å². The predicted molar refractivity (Wildman–Crippen MR) is 76.1 cm³/mol. The Morgan fingerprint density at radius 1 is 1.26 bits per heavy atom. The molecule has 106 valence electrons. The molecule has 1 N–H and O–H groups in total. The summed E-state index contributed by atoms with van der Waals surface area (Å²) in [6.45, 7) is 10.1. The molecule has 1 aromatic rings. The third-order valence-corrected chi connectivity index (χ3v) is 3.14. The fourth-order valence-electron chi connectivity index (χ4n) is 2.42. The van der Waals surface area contributed by atoms with E-state index in [1.54, 1.807) is 0 Å². The first-order valence-electron chi connectivity index (χ1n) is 7.10. The van der Waals surface area contributed by atoms with Gasteiger partial charge in [0.2, 0.25) is 0 Å². The molecule has 5 heteroatoms. The Morgan fingerprint density at radius 2 is 2.00 bits per heavy atom. The van der Waals surface area contributed by atoms with E-state index in [1.807, 2.05) is 12.4 Å². The van der Waals surface area contributed by atoms with E-state index in [9.17, 15) is 0 Å². The average Bonchev–Trinajstić information content (AvgIpc) is 2.37. The minimum Gasteiger partial charge on any atom is -0.373 e. The molecule has 0 radical (unpaired) electrons. The van der Waals surface area contributed by atoms with Gasteiger partial charge in [0.05, 0.1) is 30.3 Å². The summed E-state index contributed by atoms with van der Waals surface area (Å²) in [5.41, 5.74) is 1.02. The van der Waals surface area contributed by atoms with E-state index in [4.69, 9.17) is 4.74 Å². The first kappa shape index (κ1) is 14.2. The highest BCUT2D eigenvalue weighted by atomic mass is 16.5. The lowest BCUT2D eigenvalue weighted by molar-refractivity contribution is -0.0707. The van der Waals surface area contributed by atoms with Gasteiger partial charge >= 0.3 is 0 Å². The summed E-state index contributed by atoms with van der Waals surface area (Å²) in [7, 11) is 0. The van der Waals surface area contributed by atoms with Crippen LogP contribution in [0.1, 0.15) is 32.9 Å². The third kappa shape index (κ3) is 4.44. The lowest BCUT2D eigenvalue weighted by Crippen LogP contribution is -2.44. The molecule has 2 rings (SSSR count). The smallest absolute Gasteiger partial charge is 0.144 e. The molecule has 5 nitrogen and oxygen atoms in total. The monoisotopic (exact) mass is 264 g/mol. The van der Waals surface area contributed by atoms with Gasteiger partial charge in [-0.3, -0.25) is 9.88 Å². The predicted octanol–water partition coefficient (Wildman–Crippen LogP) is 1.91. The van der Waals surface area contributed by atoms with Crippen molar-refractivity contribution in [3.8, 4) is 0 Å². The molecule has 1 aliphatic rings.